The van der Waals surface area contributed by atoms with Crippen molar-refractivity contribution < 1.29 is 4.74 Å². The smallest absolute Gasteiger partial charge is 0.0505 e. The first-order valence-electron chi connectivity index (χ1n) is 5.60. The summed E-state index contributed by atoms with van der Waals surface area (Å²) in [4.78, 5) is 0. The molecule has 2 unspecified atom stereocenters. The van der Waals surface area contributed by atoms with Gasteiger partial charge in [0.05, 0.1) is 6.61 Å². The molecule has 1 saturated carbocycles. The zero-order chi connectivity index (χ0) is 9.52. The SMILES string of the molecule is CCNC1CCCCCC1COC. The van der Waals surface area contributed by atoms with Gasteiger partial charge in [-0.15, -0.1) is 0 Å². The largest absolute Gasteiger partial charge is 0.384 e. The summed E-state index contributed by atoms with van der Waals surface area (Å²) in [6, 6.07) is 0.701. The molecule has 1 fully saturated rings. The average Bonchev–Trinajstić information content (AvgIpc) is 2.33. The Bertz CT molecular complexity index is 113. The second-order valence-electron chi connectivity index (χ2n) is 4.02. The van der Waals surface area contributed by atoms with Crippen molar-refractivity contribution >= 4 is 0 Å². The molecular weight excluding hydrogens is 162 g/mol. The summed E-state index contributed by atoms with van der Waals surface area (Å²) >= 11 is 0. The van der Waals surface area contributed by atoms with Crippen molar-refractivity contribution in [2.45, 2.75) is 45.1 Å². The van der Waals surface area contributed by atoms with Gasteiger partial charge in [-0.3, -0.25) is 0 Å². The first-order chi connectivity index (χ1) is 6.38. The van der Waals surface area contributed by atoms with Crippen LogP contribution in [0.1, 0.15) is 39.0 Å². The minimum absolute atomic E-state index is 0.701. The molecule has 0 aromatic heterocycles. The van der Waals surface area contributed by atoms with E-state index in [2.05, 4.69) is 12.2 Å². The summed E-state index contributed by atoms with van der Waals surface area (Å²) in [7, 11) is 1.81. The van der Waals surface area contributed by atoms with E-state index in [-0.39, 0.29) is 0 Å². The summed E-state index contributed by atoms with van der Waals surface area (Å²) in [5.41, 5.74) is 0. The zero-order valence-electron chi connectivity index (χ0n) is 9.01. The predicted octanol–water partition coefficient (Wildman–Crippen LogP) is 2.19. The Hall–Kier alpha value is -0.0800. The molecule has 0 aliphatic heterocycles. The summed E-state index contributed by atoms with van der Waals surface area (Å²) in [6.07, 6.45) is 6.85. The Morgan fingerprint density at radius 3 is 2.69 bits per heavy atom. The van der Waals surface area contributed by atoms with Crippen molar-refractivity contribution in [3.05, 3.63) is 0 Å². The van der Waals surface area contributed by atoms with E-state index in [0.29, 0.717) is 6.04 Å². The number of rotatable bonds is 4. The first kappa shape index (κ1) is 11.0. The van der Waals surface area contributed by atoms with Crippen molar-refractivity contribution in [3.8, 4) is 0 Å². The molecule has 0 saturated heterocycles. The monoisotopic (exact) mass is 185 g/mol. The number of methoxy groups -OCH3 is 1. The molecule has 78 valence electrons. The van der Waals surface area contributed by atoms with Gasteiger partial charge in [-0.2, -0.15) is 0 Å². The third-order valence-corrected chi connectivity index (χ3v) is 3.01. The van der Waals surface area contributed by atoms with Crippen LogP contribution in [0, 0.1) is 5.92 Å². The molecule has 1 aliphatic carbocycles. The molecule has 0 bridgehead atoms. The van der Waals surface area contributed by atoms with Crippen molar-refractivity contribution in [2.24, 2.45) is 5.92 Å². The number of ether oxygens (including phenoxy) is 1. The van der Waals surface area contributed by atoms with E-state index < -0.39 is 0 Å². The molecule has 2 heteroatoms. The van der Waals surface area contributed by atoms with Gasteiger partial charge in [-0.05, 0) is 25.3 Å². The Labute approximate surface area is 82.0 Å². The van der Waals surface area contributed by atoms with Crippen LogP contribution in [0.5, 0.6) is 0 Å². The van der Waals surface area contributed by atoms with Gasteiger partial charge in [0.1, 0.15) is 0 Å². The van der Waals surface area contributed by atoms with Crippen molar-refractivity contribution in [1.82, 2.24) is 5.32 Å². The molecule has 2 atom stereocenters. The van der Waals surface area contributed by atoms with Crippen LogP contribution >= 0.6 is 0 Å². The van der Waals surface area contributed by atoms with Gasteiger partial charge in [0, 0.05) is 13.2 Å². The fourth-order valence-electron chi connectivity index (χ4n) is 2.33. The Morgan fingerprint density at radius 1 is 1.23 bits per heavy atom. The normalized spacial score (nSPS) is 30.0. The quantitative estimate of drug-likeness (QED) is 0.678. The van der Waals surface area contributed by atoms with Crippen LogP contribution < -0.4 is 5.32 Å². The van der Waals surface area contributed by atoms with Crippen LogP contribution in [-0.2, 0) is 4.74 Å². The van der Waals surface area contributed by atoms with Gasteiger partial charge >= 0.3 is 0 Å². The molecule has 1 rings (SSSR count). The van der Waals surface area contributed by atoms with Crippen LogP contribution in [0.2, 0.25) is 0 Å². The molecule has 0 radical (unpaired) electrons. The fourth-order valence-corrected chi connectivity index (χ4v) is 2.33. The molecule has 0 spiro atoms. The standard InChI is InChI=1S/C11H23NO/c1-3-12-11-8-6-4-5-7-10(11)9-13-2/h10-12H,3-9H2,1-2H3. The molecule has 0 heterocycles. The predicted molar refractivity (Wildman–Crippen MR) is 55.9 cm³/mol. The van der Waals surface area contributed by atoms with Crippen LogP contribution in [-0.4, -0.2) is 26.3 Å². The van der Waals surface area contributed by atoms with E-state index >= 15 is 0 Å². The lowest BCUT2D eigenvalue weighted by atomic mass is 9.95. The summed E-state index contributed by atoms with van der Waals surface area (Å²) in [5.74, 6) is 0.743. The number of hydrogen-bond acceptors (Lipinski definition) is 2. The summed E-state index contributed by atoms with van der Waals surface area (Å²) in [5, 5.41) is 3.58. The highest BCUT2D eigenvalue weighted by atomic mass is 16.5. The van der Waals surface area contributed by atoms with Gasteiger partial charge in [0.15, 0.2) is 0 Å². The lowest BCUT2D eigenvalue weighted by molar-refractivity contribution is 0.126. The van der Waals surface area contributed by atoms with E-state index in [9.17, 15) is 0 Å². The second-order valence-corrected chi connectivity index (χ2v) is 4.02. The van der Waals surface area contributed by atoms with Crippen molar-refractivity contribution in [3.63, 3.8) is 0 Å². The second kappa shape index (κ2) is 6.39. The van der Waals surface area contributed by atoms with E-state index in [1.54, 1.807) is 0 Å². The maximum Gasteiger partial charge on any atom is 0.0505 e. The maximum atomic E-state index is 5.27. The Morgan fingerprint density at radius 2 is 2.00 bits per heavy atom. The molecule has 0 aromatic carbocycles. The maximum absolute atomic E-state index is 5.27. The van der Waals surface area contributed by atoms with Gasteiger partial charge in [-0.25, -0.2) is 0 Å². The van der Waals surface area contributed by atoms with Gasteiger partial charge < -0.3 is 10.1 Å². The minimum atomic E-state index is 0.701. The highest BCUT2D eigenvalue weighted by molar-refractivity contribution is 4.78. The lowest BCUT2D eigenvalue weighted by Gasteiger charge is -2.25. The number of hydrogen-bond donors (Lipinski definition) is 1. The highest BCUT2D eigenvalue weighted by Gasteiger charge is 2.22. The fraction of sp³-hybridized carbons (Fsp3) is 1.00. The van der Waals surface area contributed by atoms with Crippen molar-refractivity contribution in [1.29, 1.82) is 0 Å². The molecule has 13 heavy (non-hydrogen) atoms. The van der Waals surface area contributed by atoms with Crippen LogP contribution in [0.4, 0.5) is 0 Å². The highest BCUT2D eigenvalue weighted by Crippen LogP contribution is 2.23. The van der Waals surface area contributed by atoms with Crippen molar-refractivity contribution in [2.75, 3.05) is 20.3 Å². The molecule has 1 aliphatic rings. The van der Waals surface area contributed by atoms with E-state index in [0.717, 1.165) is 19.1 Å². The van der Waals surface area contributed by atoms with Gasteiger partial charge in [0.2, 0.25) is 0 Å². The zero-order valence-corrected chi connectivity index (χ0v) is 9.01. The van der Waals surface area contributed by atoms with Gasteiger partial charge in [-0.1, -0.05) is 26.2 Å². The molecule has 0 aromatic rings. The van der Waals surface area contributed by atoms with Crippen LogP contribution in [0.25, 0.3) is 0 Å². The lowest BCUT2D eigenvalue weighted by Crippen LogP contribution is -2.37. The molecule has 0 amide bonds. The molecular formula is C11H23NO. The average molecular weight is 185 g/mol. The summed E-state index contributed by atoms with van der Waals surface area (Å²) < 4.78 is 5.27. The Kier molecular flexibility index (Phi) is 5.40. The topological polar surface area (TPSA) is 21.3 Å². The van der Waals surface area contributed by atoms with E-state index in [1.807, 2.05) is 7.11 Å². The third kappa shape index (κ3) is 3.65. The van der Waals surface area contributed by atoms with E-state index in [1.165, 1.54) is 32.1 Å². The van der Waals surface area contributed by atoms with Crippen LogP contribution in [0.15, 0.2) is 0 Å². The molecule has 2 nitrogen and oxygen atoms in total. The van der Waals surface area contributed by atoms with E-state index in [4.69, 9.17) is 4.74 Å². The number of nitrogens with one attached hydrogen (secondary N) is 1. The summed E-state index contributed by atoms with van der Waals surface area (Å²) in [6.45, 7) is 4.21. The molecule has 1 N–H and O–H groups in total. The Balaban J connectivity index is 2.40. The first-order valence-corrected chi connectivity index (χ1v) is 5.60. The minimum Gasteiger partial charge on any atom is -0.384 e. The van der Waals surface area contributed by atoms with Gasteiger partial charge in [0.25, 0.3) is 0 Å². The third-order valence-electron chi connectivity index (χ3n) is 3.01. The van der Waals surface area contributed by atoms with Crippen LogP contribution in [0.3, 0.4) is 0 Å².